The molecule has 0 bridgehead atoms. The van der Waals surface area contributed by atoms with Crippen LogP contribution in [0.3, 0.4) is 0 Å². The van der Waals surface area contributed by atoms with E-state index in [1.807, 2.05) is 0 Å². The van der Waals surface area contributed by atoms with Gasteiger partial charge < -0.3 is 15.2 Å². The molecule has 0 aromatic rings. The van der Waals surface area contributed by atoms with Gasteiger partial charge in [0.2, 0.25) is 0 Å². The quantitative estimate of drug-likeness (QED) is 0.682. The predicted molar refractivity (Wildman–Crippen MR) is 71.2 cm³/mol. The van der Waals surface area contributed by atoms with Crippen LogP contribution in [0.5, 0.6) is 0 Å². The van der Waals surface area contributed by atoms with Crippen molar-refractivity contribution in [1.82, 2.24) is 5.32 Å². The summed E-state index contributed by atoms with van der Waals surface area (Å²) in [5.41, 5.74) is 0. The van der Waals surface area contributed by atoms with E-state index in [0.717, 1.165) is 18.4 Å². The Bertz CT molecular complexity index is 245. The van der Waals surface area contributed by atoms with Gasteiger partial charge in [0, 0.05) is 6.54 Å². The highest BCUT2D eigenvalue weighted by atomic mass is 16.5. The largest absolute Gasteiger partial charge is 0.466 e. The fraction of sp³-hybridized carbons (Fsp3) is 0.929. The van der Waals surface area contributed by atoms with Crippen molar-refractivity contribution in [3.05, 3.63) is 0 Å². The molecule has 2 N–H and O–H groups in total. The number of aliphatic hydroxyl groups excluding tert-OH is 1. The van der Waals surface area contributed by atoms with E-state index in [1.165, 1.54) is 25.7 Å². The molecule has 18 heavy (non-hydrogen) atoms. The summed E-state index contributed by atoms with van der Waals surface area (Å²) in [5.74, 6) is 1.23. The van der Waals surface area contributed by atoms with E-state index in [-0.39, 0.29) is 12.4 Å². The number of ether oxygens (including phenoxy) is 1. The fourth-order valence-corrected chi connectivity index (χ4v) is 2.68. The van der Waals surface area contributed by atoms with Crippen LogP contribution in [0.1, 0.15) is 46.0 Å². The zero-order valence-corrected chi connectivity index (χ0v) is 11.7. The van der Waals surface area contributed by atoms with E-state index in [1.54, 1.807) is 6.92 Å². The van der Waals surface area contributed by atoms with Gasteiger partial charge in [-0.1, -0.05) is 19.8 Å². The molecule has 0 heterocycles. The lowest BCUT2D eigenvalue weighted by Crippen LogP contribution is -2.33. The Morgan fingerprint density at radius 1 is 1.50 bits per heavy atom. The second-order valence-electron chi connectivity index (χ2n) is 5.46. The molecule has 0 aromatic heterocycles. The van der Waals surface area contributed by atoms with E-state index >= 15 is 0 Å². The van der Waals surface area contributed by atoms with Crippen molar-refractivity contribution in [2.24, 2.45) is 11.8 Å². The summed E-state index contributed by atoms with van der Waals surface area (Å²) in [6.45, 7) is 5.88. The maximum Gasteiger partial charge on any atom is 0.308 e. The van der Waals surface area contributed by atoms with E-state index in [9.17, 15) is 9.90 Å². The number of nitrogens with one attached hydrogen (secondary N) is 1. The van der Waals surface area contributed by atoms with Crippen molar-refractivity contribution < 1.29 is 14.6 Å². The van der Waals surface area contributed by atoms with Gasteiger partial charge in [-0.15, -0.1) is 0 Å². The average molecular weight is 257 g/mol. The van der Waals surface area contributed by atoms with Crippen LogP contribution in [0.4, 0.5) is 0 Å². The van der Waals surface area contributed by atoms with Gasteiger partial charge in [0.05, 0.1) is 19.1 Å². The normalized spacial score (nSPS) is 25.7. The van der Waals surface area contributed by atoms with Crippen LogP contribution in [0.2, 0.25) is 0 Å². The molecule has 0 aromatic carbocycles. The maximum atomic E-state index is 11.2. The molecule has 1 rings (SSSR count). The topological polar surface area (TPSA) is 58.6 Å². The highest BCUT2D eigenvalue weighted by molar-refractivity contribution is 5.69. The number of aliphatic hydroxyl groups is 1. The van der Waals surface area contributed by atoms with Gasteiger partial charge in [0.15, 0.2) is 0 Å². The second-order valence-corrected chi connectivity index (χ2v) is 5.46. The van der Waals surface area contributed by atoms with Gasteiger partial charge in [-0.05, 0) is 38.1 Å². The number of esters is 1. The van der Waals surface area contributed by atoms with Crippen LogP contribution in [0.15, 0.2) is 0 Å². The summed E-state index contributed by atoms with van der Waals surface area (Å²) in [6.07, 6.45) is 4.68. The Hall–Kier alpha value is -0.610. The Labute approximate surface area is 110 Å². The fourth-order valence-electron chi connectivity index (χ4n) is 2.68. The second kappa shape index (κ2) is 8.48. The average Bonchev–Trinajstić information content (AvgIpc) is 2.29. The maximum absolute atomic E-state index is 11.2. The zero-order chi connectivity index (χ0) is 13.4. The van der Waals surface area contributed by atoms with Gasteiger partial charge in [0.25, 0.3) is 0 Å². The molecule has 4 nitrogen and oxygen atoms in total. The third kappa shape index (κ3) is 6.36. The molecular weight excluding hydrogens is 230 g/mol. The highest BCUT2D eigenvalue weighted by Crippen LogP contribution is 2.27. The van der Waals surface area contributed by atoms with Crippen molar-refractivity contribution in [2.75, 3.05) is 19.7 Å². The van der Waals surface area contributed by atoms with Gasteiger partial charge in [-0.3, -0.25) is 4.79 Å². The van der Waals surface area contributed by atoms with Crippen molar-refractivity contribution in [1.29, 1.82) is 0 Å². The van der Waals surface area contributed by atoms with Crippen molar-refractivity contribution in [3.8, 4) is 0 Å². The minimum atomic E-state index is -0.634. The first kappa shape index (κ1) is 15.4. The molecule has 3 atom stereocenters. The summed E-state index contributed by atoms with van der Waals surface area (Å²) in [5, 5.41) is 12.9. The van der Waals surface area contributed by atoms with Gasteiger partial charge in [-0.25, -0.2) is 0 Å². The lowest BCUT2D eigenvalue weighted by Gasteiger charge is -2.27. The van der Waals surface area contributed by atoms with Crippen LogP contribution in [-0.2, 0) is 9.53 Å². The third-order valence-electron chi connectivity index (χ3n) is 3.57. The Balaban J connectivity index is 2.07. The van der Waals surface area contributed by atoms with Gasteiger partial charge in [0.1, 0.15) is 0 Å². The van der Waals surface area contributed by atoms with E-state index in [2.05, 4.69) is 12.2 Å². The number of carbonyl (C=O) groups excluding carboxylic acids is 1. The smallest absolute Gasteiger partial charge is 0.308 e. The number of hydrogen-bond donors (Lipinski definition) is 2. The first-order valence-corrected chi connectivity index (χ1v) is 7.16. The molecule has 0 saturated heterocycles. The zero-order valence-electron chi connectivity index (χ0n) is 11.7. The summed E-state index contributed by atoms with van der Waals surface area (Å²) < 4.78 is 4.80. The molecule has 106 valence electrons. The van der Waals surface area contributed by atoms with Gasteiger partial charge >= 0.3 is 5.97 Å². The van der Waals surface area contributed by atoms with Crippen LogP contribution in [0, 0.1) is 11.8 Å². The molecule has 1 saturated carbocycles. The predicted octanol–water partition coefficient (Wildman–Crippen LogP) is 1.72. The van der Waals surface area contributed by atoms with Gasteiger partial charge in [-0.2, -0.15) is 0 Å². The van der Waals surface area contributed by atoms with E-state index < -0.39 is 6.10 Å². The molecule has 3 unspecified atom stereocenters. The summed E-state index contributed by atoms with van der Waals surface area (Å²) in [7, 11) is 0. The Kier molecular flexibility index (Phi) is 7.28. The summed E-state index contributed by atoms with van der Waals surface area (Å²) >= 11 is 0. The lowest BCUT2D eigenvalue weighted by molar-refractivity contribution is -0.145. The minimum absolute atomic E-state index is 0.0852. The van der Waals surface area contributed by atoms with Crippen molar-refractivity contribution in [2.45, 2.75) is 52.1 Å². The molecular formula is C14H27NO3. The molecule has 1 fully saturated rings. The highest BCUT2D eigenvalue weighted by Gasteiger charge is 2.19. The molecule has 1 aliphatic carbocycles. The lowest BCUT2D eigenvalue weighted by atomic mass is 9.82. The monoisotopic (exact) mass is 257 g/mol. The summed E-state index contributed by atoms with van der Waals surface area (Å²) in [4.78, 5) is 11.2. The molecule has 0 radical (unpaired) electrons. The standard InChI is InChI=1S/C14H27NO3/c1-3-18-14(17)8-13(16)10-15-9-12-6-4-5-11(2)7-12/h11-13,15-16H,3-10H2,1-2H3. The minimum Gasteiger partial charge on any atom is -0.466 e. The number of hydrogen-bond acceptors (Lipinski definition) is 4. The Morgan fingerprint density at radius 2 is 2.28 bits per heavy atom. The first-order chi connectivity index (χ1) is 8.61. The summed E-state index contributed by atoms with van der Waals surface area (Å²) in [6, 6.07) is 0. The SMILES string of the molecule is CCOC(=O)CC(O)CNCC1CCCC(C)C1. The Morgan fingerprint density at radius 3 is 2.94 bits per heavy atom. The van der Waals surface area contributed by atoms with Crippen LogP contribution >= 0.6 is 0 Å². The first-order valence-electron chi connectivity index (χ1n) is 7.16. The van der Waals surface area contributed by atoms with Crippen molar-refractivity contribution >= 4 is 5.97 Å². The van der Waals surface area contributed by atoms with Crippen molar-refractivity contribution in [3.63, 3.8) is 0 Å². The van der Waals surface area contributed by atoms with E-state index in [4.69, 9.17) is 4.74 Å². The third-order valence-corrected chi connectivity index (χ3v) is 3.57. The van der Waals surface area contributed by atoms with Crippen LogP contribution < -0.4 is 5.32 Å². The van der Waals surface area contributed by atoms with Crippen LogP contribution in [-0.4, -0.2) is 36.9 Å². The number of rotatable bonds is 7. The molecule has 1 aliphatic rings. The van der Waals surface area contributed by atoms with E-state index in [0.29, 0.717) is 13.2 Å². The molecule has 0 aliphatic heterocycles. The molecule has 0 amide bonds. The number of carbonyl (C=O) groups is 1. The molecule has 4 heteroatoms. The molecule has 0 spiro atoms. The van der Waals surface area contributed by atoms with Crippen LogP contribution in [0.25, 0.3) is 0 Å².